The molecule has 0 aliphatic heterocycles. The molecule has 0 bridgehead atoms. The second kappa shape index (κ2) is 5.95. The Kier molecular flexibility index (Phi) is 4.28. The molecule has 3 heteroatoms. The smallest absolute Gasteiger partial charge is 0.126 e. The van der Waals surface area contributed by atoms with Crippen molar-refractivity contribution in [1.82, 2.24) is 0 Å². The molecule has 1 unspecified atom stereocenters. The fraction of sp³-hybridized carbons (Fsp3) is 0.294. The molecule has 0 spiro atoms. The fourth-order valence-electron chi connectivity index (χ4n) is 2.25. The SMILES string of the molecule is COc1ccc(C)cc1C(C)Nc1ccc(F)c(C)c1. The van der Waals surface area contributed by atoms with Gasteiger partial charge in [0.1, 0.15) is 11.6 Å². The van der Waals surface area contributed by atoms with Gasteiger partial charge < -0.3 is 10.1 Å². The molecule has 0 saturated carbocycles. The van der Waals surface area contributed by atoms with Crippen molar-refractivity contribution in [2.75, 3.05) is 12.4 Å². The van der Waals surface area contributed by atoms with Crippen molar-refractivity contribution in [2.45, 2.75) is 26.8 Å². The van der Waals surface area contributed by atoms with Crippen LogP contribution in [0, 0.1) is 19.7 Å². The highest BCUT2D eigenvalue weighted by atomic mass is 19.1. The molecule has 0 aliphatic carbocycles. The van der Waals surface area contributed by atoms with Crippen LogP contribution < -0.4 is 10.1 Å². The summed E-state index contributed by atoms with van der Waals surface area (Å²) < 4.78 is 18.7. The Balaban J connectivity index is 2.25. The molecule has 0 fully saturated rings. The number of halogens is 1. The maximum absolute atomic E-state index is 13.3. The summed E-state index contributed by atoms with van der Waals surface area (Å²) in [5, 5.41) is 3.38. The first-order chi connectivity index (χ1) is 9.51. The third-order valence-electron chi connectivity index (χ3n) is 3.39. The van der Waals surface area contributed by atoms with Crippen LogP contribution in [0.15, 0.2) is 36.4 Å². The van der Waals surface area contributed by atoms with E-state index in [1.807, 2.05) is 18.2 Å². The number of methoxy groups -OCH3 is 1. The molecule has 2 rings (SSSR count). The maximum Gasteiger partial charge on any atom is 0.126 e. The van der Waals surface area contributed by atoms with E-state index in [-0.39, 0.29) is 11.9 Å². The zero-order chi connectivity index (χ0) is 14.7. The van der Waals surface area contributed by atoms with Crippen LogP contribution >= 0.6 is 0 Å². The largest absolute Gasteiger partial charge is 0.496 e. The molecule has 1 atom stereocenters. The number of nitrogens with one attached hydrogen (secondary N) is 1. The molecule has 1 N–H and O–H groups in total. The van der Waals surface area contributed by atoms with E-state index in [9.17, 15) is 4.39 Å². The van der Waals surface area contributed by atoms with Gasteiger partial charge >= 0.3 is 0 Å². The molecule has 2 aromatic rings. The monoisotopic (exact) mass is 273 g/mol. The summed E-state index contributed by atoms with van der Waals surface area (Å²) >= 11 is 0. The van der Waals surface area contributed by atoms with Crippen LogP contribution in [-0.2, 0) is 0 Å². The van der Waals surface area contributed by atoms with Crippen molar-refractivity contribution in [3.05, 3.63) is 58.9 Å². The number of ether oxygens (including phenoxy) is 1. The van der Waals surface area contributed by atoms with Crippen molar-refractivity contribution >= 4 is 5.69 Å². The predicted molar refractivity (Wildman–Crippen MR) is 80.9 cm³/mol. The minimum absolute atomic E-state index is 0.0784. The number of hydrogen-bond acceptors (Lipinski definition) is 2. The molecule has 0 aromatic heterocycles. The summed E-state index contributed by atoms with van der Waals surface area (Å²) in [6.45, 7) is 5.88. The molecular formula is C17H20FNO. The van der Waals surface area contributed by atoms with Gasteiger partial charge in [0.15, 0.2) is 0 Å². The normalized spacial score (nSPS) is 12.1. The first kappa shape index (κ1) is 14.4. The van der Waals surface area contributed by atoms with Crippen molar-refractivity contribution in [3.63, 3.8) is 0 Å². The number of hydrogen-bond donors (Lipinski definition) is 1. The fourth-order valence-corrected chi connectivity index (χ4v) is 2.25. The van der Waals surface area contributed by atoms with Crippen molar-refractivity contribution in [1.29, 1.82) is 0 Å². The Labute approximate surface area is 119 Å². The second-order valence-corrected chi connectivity index (χ2v) is 5.08. The quantitative estimate of drug-likeness (QED) is 0.877. The lowest BCUT2D eigenvalue weighted by molar-refractivity contribution is 0.408. The van der Waals surface area contributed by atoms with Crippen LogP contribution in [0.4, 0.5) is 10.1 Å². The third-order valence-corrected chi connectivity index (χ3v) is 3.39. The van der Waals surface area contributed by atoms with Gasteiger partial charge in [-0.3, -0.25) is 0 Å². The lowest BCUT2D eigenvalue weighted by Gasteiger charge is -2.19. The van der Waals surface area contributed by atoms with E-state index >= 15 is 0 Å². The first-order valence-corrected chi connectivity index (χ1v) is 6.68. The Morgan fingerprint density at radius 2 is 1.85 bits per heavy atom. The Bertz CT molecular complexity index is 610. The van der Waals surface area contributed by atoms with E-state index in [0.29, 0.717) is 5.56 Å². The van der Waals surface area contributed by atoms with Gasteiger partial charge in [-0.05, 0) is 50.6 Å². The predicted octanol–water partition coefficient (Wildman–Crippen LogP) is 4.62. The molecule has 2 nitrogen and oxygen atoms in total. The zero-order valence-corrected chi connectivity index (χ0v) is 12.3. The van der Waals surface area contributed by atoms with Crippen molar-refractivity contribution in [2.24, 2.45) is 0 Å². The summed E-state index contributed by atoms with van der Waals surface area (Å²) in [6.07, 6.45) is 0. The van der Waals surface area contributed by atoms with Crippen LogP contribution in [0.1, 0.15) is 29.7 Å². The number of rotatable bonds is 4. The van der Waals surface area contributed by atoms with E-state index in [4.69, 9.17) is 4.74 Å². The number of anilines is 1. The van der Waals surface area contributed by atoms with Gasteiger partial charge in [-0.1, -0.05) is 17.7 Å². The average Bonchev–Trinajstić information content (AvgIpc) is 2.43. The second-order valence-electron chi connectivity index (χ2n) is 5.08. The summed E-state index contributed by atoms with van der Waals surface area (Å²) in [4.78, 5) is 0. The van der Waals surface area contributed by atoms with E-state index in [2.05, 4.69) is 25.2 Å². The van der Waals surface area contributed by atoms with Crippen LogP contribution in [-0.4, -0.2) is 7.11 Å². The van der Waals surface area contributed by atoms with Crippen LogP contribution in [0.2, 0.25) is 0 Å². The Hall–Kier alpha value is -2.03. The molecule has 2 aromatic carbocycles. The molecule has 106 valence electrons. The number of benzene rings is 2. The van der Waals surface area contributed by atoms with Crippen LogP contribution in [0.5, 0.6) is 5.75 Å². The summed E-state index contributed by atoms with van der Waals surface area (Å²) in [7, 11) is 1.67. The third kappa shape index (κ3) is 3.10. The highest BCUT2D eigenvalue weighted by Crippen LogP contribution is 2.29. The van der Waals surface area contributed by atoms with Crippen molar-refractivity contribution in [3.8, 4) is 5.75 Å². The highest BCUT2D eigenvalue weighted by Gasteiger charge is 2.12. The lowest BCUT2D eigenvalue weighted by atomic mass is 10.0. The molecule has 0 aliphatic rings. The molecule has 0 amide bonds. The van der Waals surface area contributed by atoms with E-state index < -0.39 is 0 Å². The van der Waals surface area contributed by atoms with Gasteiger partial charge in [-0.15, -0.1) is 0 Å². The minimum atomic E-state index is -0.184. The van der Waals surface area contributed by atoms with Gasteiger partial charge in [0.05, 0.1) is 13.2 Å². The molecule has 20 heavy (non-hydrogen) atoms. The van der Waals surface area contributed by atoms with Gasteiger partial charge in [-0.25, -0.2) is 4.39 Å². The van der Waals surface area contributed by atoms with Crippen molar-refractivity contribution < 1.29 is 9.13 Å². The van der Waals surface area contributed by atoms with Gasteiger partial charge in [0.25, 0.3) is 0 Å². The summed E-state index contributed by atoms with van der Waals surface area (Å²) in [5.41, 5.74) is 3.82. The van der Waals surface area contributed by atoms with E-state index in [1.54, 1.807) is 20.1 Å². The maximum atomic E-state index is 13.3. The average molecular weight is 273 g/mol. The minimum Gasteiger partial charge on any atom is -0.496 e. The van der Waals surface area contributed by atoms with E-state index in [0.717, 1.165) is 17.0 Å². The highest BCUT2D eigenvalue weighted by molar-refractivity contribution is 5.50. The van der Waals surface area contributed by atoms with Gasteiger partial charge in [0.2, 0.25) is 0 Å². The number of aryl methyl sites for hydroxylation is 2. The first-order valence-electron chi connectivity index (χ1n) is 6.68. The van der Waals surface area contributed by atoms with Gasteiger partial charge in [0, 0.05) is 11.3 Å². The molecule has 0 radical (unpaired) electrons. The molecule has 0 heterocycles. The van der Waals surface area contributed by atoms with Crippen LogP contribution in [0.25, 0.3) is 0 Å². The summed E-state index contributed by atoms with van der Waals surface area (Å²) in [5.74, 6) is 0.672. The Morgan fingerprint density at radius 3 is 2.50 bits per heavy atom. The standard InChI is InChI=1S/C17H20FNO/c1-11-5-8-17(20-4)15(9-11)13(3)19-14-6-7-16(18)12(2)10-14/h5-10,13,19H,1-4H3. The van der Waals surface area contributed by atoms with Gasteiger partial charge in [-0.2, -0.15) is 0 Å². The molecular weight excluding hydrogens is 253 g/mol. The lowest BCUT2D eigenvalue weighted by Crippen LogP contribution is -2.08. The zero-order valence-electron chi connectivity index (χ0n) is 12.3. The topological polar surface area (TPSA) is 21.3 Å². The Morgan fingerprint density at radius 1 is 1.10 bits per heavy atom. The molecule has 0 saturated heterocycles. The summed E-state index contributed by atoms with van der Waals surface area (Å²) in [6, 6.07) is 11.2. The van der Waals surface area contributed by atoms with E-state index in [1.165, 1.54) is 11.6 Å². The van der Waals surface area contributed by atoms with Crippen LogP contribution in [0.3, 0.4) is 0 Å².